The van der Waals surface area contributed by atoms with Crippen molar-refractivity contribution < 1.29 is 9.53 Å². The average Bonchev–Trinajstić information content (AvgIpc) is 3.13. The molecule has 0 radical (unpaired) electrons. The van der Waals surface area contributed by atoms with E-state index in [1.54, 1.807) is 11.3 Å². The highest BCUT2D eigenvalue weighted by molar-refractivity contribution is 7.13. The number of rotatable bonds is 7. The fourth-order valence-corrected chi connectivity index (χ4v) is 4.96. The third-order valence-electron chi connectivity index (χ3n) is 5.90. The summed E-state index contributed by atoms with van der Waals surface area (Å²) < 4.78 is 5.74. The fraction of sp³-hybridized carbons (Fsp3) is 0.385. The Morgan fingerprint density at radius 2 is 1.88 bits per heavy atom. The summed E-state index contributed by atoms with van der Waals surface area (Å²) in [5.74, 6) is 1.00. The van der Waals surface area contributed by atoms with Crippen LogP contribution in [0.2, 0.25) is 0 Å². The molecule has 0 saturated carbocycles. The molecule has 0 aliphatic carbocycles. The van der Waals surface area contributed by atoms with Crippen molar-refractivity contribution in [2.24, 2.45) is 0 Å². The van der Waals surface area contributed by atoms with E-state index in [0.717, 1.165) is 61.2 Å². The molecule has 4 rings (SSSR count). The summed E-state index contributed by atoms with van der Waals surface area (Å²) in [5, 5.41) is 2.90. The molecule has 1 aromatic heterocycles. The van der Waals surface area contributed by atoms with Crippen molar-refractivity contribution in [2.75, 3.05) is 32.8 Å². The maximum atomic E-state index is 13.0. The molecule has 0 N–H and O–H groups in total. The second-order valence-corrected chi connectivity index (χ2v) is 9.05. The lowest BCUT2D eigenvalue weighted by molar-refractivity contribution is -0.130. The monoisotopic (exact) mass is 449 g/mol. The lowest BCUT2D eigenvalue weighted by Crippen LogP contribution is -2.36. The fourth-order valence-electron chi connectivity index (χ4n) is 4.11. The highest BCUT2D eigenvalue weighted by Crippen LogP contribution is 2.32. The van der Waals surface area contributed by atoms with Crippen LogP contribution >= 0.6 is 11.3 Å². The standard InChI is InChI=1S/C26H31N3O2S/c1-3-31-24-12-7-6-11-23(24)26-27-22(19-32-26)17-25(30)29-14-8-13-28(15-16-29)18-21-10-5-4-9-20(21)2/h4-7,9-12,19H,3,8,13-18H2,1-2H3. The van der Waals surface area contributed by atoms with E-state index in [4.69, 9.17) is 9.72 Å². The Morgan fingerprint density at radius 3 is 2.72 bits per heavy atom. The Balaban J connectivity index is 1.35. The minimum Gasteiger partial charge on any atom is -0.493 e. The van der Waals surface area contributed by atoms with E-state index in [1.807, 2.05) is 41.5 Å². The first-order valence-corrected chi connectivity index (χ1v) is 12.2. The number of nitrogens with zero attached hydrogens (tertiary/aromatic N) is 3. The van der Waals surface area contributed by atoms with Crippen LogP contribution in [0.25, 0.3) is 10.6 Å². The Labute approximate surface area is 194 Å². The van der Waals surface area contributed by atoms with Gasteiger partial charge in [-0.2, -0.15) is 0 Å². The van der Waals surface area contributed by atoms with E-state index in [-0.39, 0.29) is 5.91 Å². The third kappa shape index (κ3) is 5.56. The van der Waals surface area contributed by atoms with Gasteiger partial charge in [0.25, 0.3) is 0 Å². The average molecular weight is 450 g/mol. The molecule has 3 aromatic rings. The molecule has 2 heterocycles. The maximum absolute atomic E-state index is 13.0. The smallest absolute Gasteiger partial charge is 0.228 e. The largest absolute Gasteiger partial charge is 0.493 e. The van der Waals surface area contributed by atoms with E-state index in [1.165, 1.54) is 11.1 Å². The first kappa shape index (κ1) is 22.5. The van der Waals surface area contributed by atoms with Gasteiger partial charge < -0.3 is 9.64 Å². The predicted octanol–water partition coefficient (Wildman–Crippen LogP) is 4.79. The van der Waals surface area contributed by atoms with Gasteiger partial charge in [0.05, 0.1) is 24.3 Å². The van der Waals surface area contributed by atoms with Crippen molar-refractivity contribution >= 4 is 17.2 Å². The molecule has 168 valence electrons. The van der Waals surface area contributed by atoms with Crippen LogP contribution in [0.5, 0.6) is 5.75 Å². The van der Waals surface area contributed by atoms with E-state index in [0.29, 0.717) is 13.0 Å². The van der Waals surface area contributed by atoms with E-state index in [9.17, 15) is 4.79 Å². The summed E-state index contributed by atoms with van der Waals surface area (Å²) in [6.45, 7) is 9.22. The van der Waals surface area contributed by atoms with Gasteiger partial charge in [0.1, 0.15) is 10.8 Å². The molecule has 1 amide bonds. The van der Waals surface area contributed by atoms with Crippen LogP contribution in [0.15, 0.2) is 53.9 Å². The van der Waals surface area contributed by atoms with Crippen molar-refractivity contribution in [1.29, 1.82) is 0 Å². The molecule has 0 spiro atoms. The first-order valence-electron chi connectivity index (χ1n) is 11.3. The lowest BCUT2D eigenvalue weighted by Gasteiger charge is -2.22. The zero-order valence-electron chi connectivity index (χ0n) is 18.9. The number of benzene rings is 2. The quantitative estimate of drug-likeness (QED) is 0.520. The molecular weight excluding hydrogens is 418 g/mol. The van der Waals surface area contributed by atoms with Crippen LogP contribution in [-0.4, -0.2) is 53.5 Å². The maximum Gasteiger partial charge on any atom is 0.228 e. The summed E-state index contributed by atoms with van der Waals surface area (Å²) in [4.78, 5) is 22.2. The van der Waals surface area contributed by atoms with E-state index < -0.39 is 0 Å². The number of hydrogen-bond donors (Lipinski definition) is 0. The van der Waals surface area contributed by atoms with Gasteiger partial charge >= 0.3 is 0 Å². The second-order valence-electron chi connectivity index (χ2n) is 8.19. The third-order valence-corrected chi connectivity index (χ3v) is 6.82. The molecule has 0 unspecified atom stereocenters. The molecular formula is C26H31N3O2S. The first-order chi connectivity index (χ1) is 15.6. The van der Waals surface area contributed by atoms with E-state index >= 15 is 0 Å². The summed E-state index contributed by atoms with van der Waals surface area (Å²) in [5.41, 5.74) is 4.52. The normalized spacial score (nSPS) is 14.9. The number of aryl methyl sites for hydroxylation is 1. The van der Waals surface area contributed by atoms with Gasteiger partial charge in [-0.15, -0.1) is 11.3 Å². The number of amides is 1. The summed E-state index contributed by atoms with van der Waals surface area (Å²) in [6.07, 6.45) is 1.35. The Hall–Kier alpha value is -2.70. The molecule has 6 heteroatoms. The molecule has 5 nitrogen and oxygen atoms in total. The topological polar surface area (TPSA) is 45.7 Å². The molecule has 1 aliphatic heterocycles. The number of hydrogen-bond acceptors (Lipinski definition) is 5. The van der Waals surface area contributed by atoms with Gasteiger partial charge in [0, 0.05) is 38.1 Å². The van der Waals surface area contributed by atoms with Crippen LogP contribution in [0, 0.1) is 6.92 Å². The van der Waals surface area contributed by atoms with Gasteiger partial charge in [-0.3, -0.25) is 9.69 Å². The minimum absolute atomic E-state index is 0.165. The second kappa shape index (κ2) is 10.7. The number of para-hydroxylation sites is 1. The summed E-state index contributed by atoms with van der Waals surface area (Å²) in [7, 11) is 0. The highest BCUT2D eigenvalue weighted by atomic mass is 32.1. The SMILES string of the molecule is CCOc1ccccc1-c1nc(CC(=O)N2CCCN(Cc3ccccc3C)CC2)cs1. The lowest BCUT2D eigenvalue weighted by atomic mass is 10.1. The molecule has 1 saturated heterocycles. The van der Waals surface area contributed by atoms with Crippen molar-refractivity contribution in [2.45, 2.75) is 33.2 Å². The van der Waals surface area contributed by atoms with Gasteiger partial charge in [0.15, 0.2) is 0 Å². The van der Waals surface area contributed by atoms with Gasteiger partial charge in [0.2, 0.25) is 5.91 Å². The number of carbonyl (C=O) groups excluding carboxylic acids is 1. The van der Waals surface area contributed by atoms with Crippen molar-refractivity contribution in [1.82, 2.24) is 14.8 Å². The van der Waals surface area contributed by atoms with Gasteiger partial charge in [-0.05, 0) is 43.5 Å². The number of thiazole rings is 1. The van der Waals surface area contributed by atoms with Crippen molar-refractivity contribution in [3.8, 4) is 16.3 Å². The van der Waals surface area contributed by atoms with Crippen LogP contribution < -0.4 is 4.74 Å². The van der Waals surface area contributed by atoms with Crippen LogP contribution in [0.3, 0.4) is 0 Å². The van der Waals surface area contributed by atoms with Crippen molar-refractivity contribution in [3.63, 3.8) is 0 Å². The molecule has 1 aliphatic rings. The van der Waals surface area contributed by atoms with Gasteiger partial charge in [-0.25, -0.2) is 4.98 Å². The Kier molecular flexibility index (Phi) is 7.55. The van der Waals surface area contributed by atoms with E-state index in [2.05, 4.69) is 36.1 Å². The summed E-state index contributed by atoms with van der Waals surface area (Å²) in [6, 6.07) is 16.5. The zero-order chi connectivity index (χ0) is 22.3. The predicted molar refractivity (Wildman–Crippen MR) is 130 cm³/mol. The highest BCUT2D eigenvalue weighted by Gasteiger charge is 2.21. The van der Waals surface area contributed by atoms with Crippen LogP contribution in [0.1, 0.15) is 30.2 Å². The Bertz CT molecular complexity index is 1050. The van der Waals surface area contributed by atoms with Crippen molar-refractivity contribution in [3.05, 3.63) is 70.7 Å². The number of carbonyl (C=O) groups is 1. The van der Waals surface area contributed by atoms with Crippen LogP contribution in [0.4, 0.5) is 0 Å². The molecule has 2 aromatic carbocycles. The molecule has 1 fully saturated rings. The van der Waals surface area contributed by atoms with Gasteiger partial charge in [-0.1, -0.05) is 36.4 Å². The minimum atomic E-state index is 0.165. The molecule has 0 atom stereocenters. The zero-order valence-corrected chi connectivity index (χ0v) is 19.7. The molecule has 32 heavy (non-hydrogen) atoms. The Morgan fingerprint density at radius 1 is 1.06 bits per heavy atom. The van der Waals surface area contributed by atoms with Crippen LogP contribution in [-0.2, 0) is 17.8 Å². The summed E-state index contributed by atoms with van der Waals surface area (Å²) >= 11 is 1.57. The number of ether oxygens (including phenoxy) is 1. The number of aromatic nitrogens is 1. The molecule has 0 bridgehead atoms.